The van der Waals surface area contributed by atoms with Crippen molar-refractivity contribution in [1.82, 2.24) is 0 Å². The molecule has 0 aliphatic heterocycles. The predicted molar refractivity (Wildman–Crippen MR) is 106 cm³/mol. The zero-order valence-corrected chi connectivity index (χ0v) is 15.0. The summed E-state index contributed by atoms with van der Waals surface area (Å²) in [5.41, 5.74) is 3.60. The molecule has 1 aromatic heterocycles. The van der Waals surface area contributed by atoms with E-state index in [0.717, 1.165) is 17.1 Å². The van der Waals surface area contributed by atoms with E-state index in [1.807, 2.05) is 35.6 Å². The second kappa shape index (κ2) is 6.61. The molecule has 3 heteroatoms. The summed E-state index contributed by atoms with van der Waals surface area (Å²) < 4.78 is 12.1. The third-order valence-electron chi connectivity index (χ3n) is 4.29. The van der Waals surface area contributed by atoms with Gasteiger partial charge >= 0.3 is 0 Å². The van der Waals surface area contributed by atoms with E-state index in [0.29, 0.717) is 0 Å². The van der Waals surface area contributed by atoms with Crippen molar-refractivity contribution in [2.45, 2.75) is 0 Å². The van der Waals surface area contributed by atoms with E-state index >= 15 is 0 Å². The van der Waals surface area contributed by atoms with Crippen LogP contribution in [-0.4, -0.2) is 14.2 Å². The van der Waals surface area contributed by atoms with Gasteiger partial charge in [-0.15, -0.1) is 11.3 Å². The molecule has 0 bridgehead atoms. The number of thiophene rings is 1. The fourth-order valence-electron chi connectivity index (χ4n) is 3.06. The van der Waals surface area contributed by atoms with Crippen molar-refractivity contribution in [3.63, 3.8) is 0 Å². The van der Waals surface area contributed by atoms with Gasteiger partial charge in [0.05, 0.1) is 14.2 Å². The lowest BCUT2D eigenvalue weighted by molar-refractivity contribution is 0.415. The first kappa shape index (κ1) is 15.7. The Morgan fingerprint density at radius 1 is 0.680 bits per heavy atom. The maximum Gasteiger partial charge on any atom is 0.119 e. The van der Waals surface area contributed by atoms with Gasteiger partial charge in [0, 0.05) is 20.5 Å². The van der Waals surface area contributed by atoms with Crippen molar-refractivity contribution in [1.29, 1.82) is 0 Å². The minimum absolute atomic E-state index is 0.860. The van der Waals surface area contributed by atoms with E-state index in [1.165, 1.54) is 26.1 Å². The topological polar surface area (TPSA) is 18.5 Å². The first-order valence-electron chi connectivity index (χ1n) is 8.10. The number of hydrogen-bond acceptors (Lipinski definition) is 3. The van der Waals surface area contributed by atoms with Crippen LogP contribution in [0.25, 0.3) is 31.7 Å². The highest BCUT2D eigenvalue weighted by atomic mass is 32.1. The van der Waals surface area contributed by atoms with Crippen LogP contribution >= 0.6 is 11.3 Å². The van der Waals surface area contributed by atoms with Gasteiger partial charge in [-0.3, -0.25) is 0 Å². The number of hydrogen-bond donors (Lipinski definition) is 0. The Balaban J connectivity index is 2.04. The molecule has 0 spiro atoms. The van der Waals surface area contributed by atoms with Gasteiger partial charge in [-0.05, 0) is 41.5 Å². The van der Waals surface area contributed by atoms with Crippen molar-refractivity contribution in [3.05, 3.63) is 72.8 Å². The van der Waals surface area contributed by atoms with Gasteiger partial charge in [0.2, 0.25) is 0 Å². The van der Waals surface area contributed by atoms with Gasteiger partial charge in [0.1, 0.15) is 11.5 Å². The third kappa shape index (κ3) is 2.87. The average Bonchev–Trinajstić information content (AvgIpc) is 3.07. The van der Waals surface area contributed by atoms with Gasteiger partial charge in [-0.25, -0.2) is 0 Å². The maximum absolute atomic E-state index is 5.45. The molecule has 0 amide bonds. The SMILES string of the molecule is COc1cccc(-c2c(-c3ccccc3)sc3ccc(OC)cc23)c1. The summed E-state index contributed by atoms with van der Waals surface area (Å²) in [5, 5.41) is 1.21. The summed E-state index contributed by atoms with van der Waals surface area (Å²) >= 11 is 1.81. The van der Waals surface area contributed by atoms with Crippen LogP contribution in [0.15, 0.2) is 72.8 Å². The molecule has 0 fully saturated rings. The zero-order chi connectivity index (χ0) is 17.2. The van der Waals surface area contributed by atoms with Crippen LogP contribution in [0.1, 0.15) is 0 Å². The standard InChI is InChI=1S/C22H18O2S/c1-23-17-10-6-9-16(13-17)21-19-14-18(24-2)11-12-20(19)25-22(21)15-7-4-3-5-8-15/h3-14H,1-2H3. The second-order valence-corrected chi connectivity index (χ2v) is 6.82. The molecule has 124 valence electrons. The molecular formula is C22H18O2S. The lowest BCUT2D eigenvalue weighted by atomic mass is 9.98. The van der Waals surface area contributed by atoms with Crippen LogP contribution in [0.4, 0.5) is 0 Å². The molecule has 4 aromatic rings. The highest BCUT2D eigenvalue weighted by Crippen LogP contribution is 2.46. The highest BCUT2D eigenvalue weighted by Gasteiger charge is 2.16. The Morgan fingerprint density at radius 3 is 2.16 bits per heavy atom. The molecule has 4 rings (SSSR count). The van der Waals surface area contributed by atoms with Gasteiger partial charge in [-0.1, -0.05) is 42.5 Å². The van der Waals surface area contributed by atoms with Crippen LogP contribution in [0.2, 0.25) is 0 Å². The largest absolute Gasteiger partial charge is 0.497 e. The summed E-state index contributed by atoms with van der Waals surface area (Å²) in [6.45, 7) is 0. The Morgan fingerprint density at radius 2 is 1.40 bits per heavy atom. The van der Waals surface area contributed by atoms with Gasteiger partial charge < -0.3 is 9.47 Å². The van der Waals surface area contributed by atoms with Crippen LogP contribution in [0.5, 0.6) is 11.5 Å². The lowest BCUT2D eigenvalue weighted by Gasteiger charge is -2.08. The highest BCUT2D eigenvalue weighted by molar-refractivity contribution is 7.23. The number of ether oxygens (including phenoxy) is 2. The third-order valence-corrected chi connectivity index (χ3v) is 5.51. The van der Waals surface area contributed by atoms with Crippen molar-refractivity contribution in [2.75, 3.05) is 14.2 Å². The molecule has 0 saturated carbocycles. The number of methoxy groups -OCH3 is 2. The predicted octanol–water partition coefficient (Wildman–Crippen LogP) is 6.25. The second-order valence-electron chi connectivity index (χ2n) is 5.77. The molecule has 0 radical (unpaired) electrons. The van der Waals surface area contributed by atoms with E-state index in [4.69, 9.17) is 9.47 Å². The van der Waals surface area contributed by atoms with Gasteiger partial charge in [-0.2, -0.15) is 0 Å². The Labute approximate surface area is 151 Å². The molecule has 0 aliphatic rings. The molecule has 3 aromatic carbocycles. The van der Waals surface area contributed by atoms with Crippen molar-refractivity contribution >= 4 is 21.4 Å². The fourth-order valence-corrected chi connectivity index (χ4v) is 4.27. The molecule has 2 nitrogen and oxygen atoms in total. The van der Waals surface area contributed by atoms with Gasteiger partial charge in [0.15, 0.2) is 0 Å². The zero-order valence-electron chi connectivity index (χ0n) is 14.2. The summed E-state index contributed by atoms with van der Waals surface area (Å²) in [5.74, 6) is 1.73. The molecule has 1 heterocycles. The average molecular weight is 346 g/mol. The smallest absolute Gasteiger partial charge is 0.119 e. The van der Waals surface area contributed by atoms with Crippen molar-refractivity contribution < 1.29 is 9.47 Å². The molecule has 0 unspecified atom stereocenters. The normalized spacial score (nSPS) is 10.8. The summed E-state index contributed by atoms with van der Waals surface area (Å²) in [6.07, 6.45) is 0. The maximum atomic E-state index is 5.45. The van der Waals surface area contributed by atoms with Crippen LogP contribution in [0, 0.1) is 0 Å². The van der Waals surface area contributed by atoms with Crippen molar-refractivity contribution in [3.8, 4) is 33.1 Å². The van der Waals surface area contributed by atoms with Crippen LogP contribution < -0.4 is 9.47 Å². The summed E-state index contributed by atoms with van der Waals surface area (Å²) in [4.78, 5) is 1.26. The van der Waals surface area contributed by atoms with E-state index in [2.05, 4.69) is 48.5 Å². The van der Waals surface area contributed by atoms with E-state index in [9.17, 15) is 0 Å². The molecule has 0 aliphatic carbocycles. The quantitative estimate of drug-likeness (QED) is 0.435. The lowest BCUT2D eigenvalue weighted by Crippen LogP contribution is -1.85. The number of benzene rings is 3. The van der Waals surface area contributed by atoms with E-state index in [-0.39, 0.29) is 0 Å². The first-order chi connectivity index (χ1) is 12.3. The Hall–Kier alpha value is -2.78. The van der Waals surface area contributed by atoms with Crippen LogP contribution in [0.3, 0.4) is 0 Å². The monoisotopic (exact) mass is 346 g/mol. The molecule has 0 N–H and O–H groups in total. The van der Waals surface area contributed by atoms with E-state index < -0.39 is 0 Å². The fraction of sp³-hybridized carbons (Fsp3) is 0.0909. The minimum Gasteiger partial charge on any atom is -0.497 e. The minimum atomic E-state index is 0.860. The van der Waals surface area contributed by atoms with Gasteiger partial charge in [0.25, 0.3) is 0 Å². The first-order valence-corrected chi connectivity index (χ1v) is 8.92. The summed E-state index contributed by atoms with van der Waals surface area (Å²) in [6, 6.07) is 25.0. The number of fused-ring (bicyclic) bond motifs is 1. The summed E-state index contributed by atoms with van der Waals surface area (Å²) in [7, 11) is 3.41. The molecule has 25 heavy (non-hydrogen) atoms. The van der Waals surface area contributed by atoms with Crippen molar-refractivity contribution in [2.24, 2.45) is 0 Å². The number of rotatable bonds is 4. The molecule has 0 atom stereocenters. The van der Waals surface area contributed by atoms with E-state index in [1.54, 1.807) is 14.2 Å². The Bertz CT molecular complexity index is 1020. The van der Waals surface area contributed by atoms with Crippen LogP contribution in [-0.2, 0) is 0 Å². The molecule has 0 saturated heterocycles. The Kier molecular flexibility index (Phi) is 4.16. The molecular weight excluding hydrogens is 328 g/mol.